The number of nitrogens with zero attached hydrogens (tertiary/aromatic N) is 5. The van der Waals surface area contributed by atoms with Crippen molar-refractivity contribution in [2.24, 2.45) is 7.05 Å². The summed E-state index contributed by atoms with van der Waals surface area (Å²) in [4.78, 5) is 51.1. The molecule has 1 fully saturated rings. The maximum Gasteiger partial charge on any atom is 0.291 e. The van der Waals surface area contributed by atoms with Crippen molar-refractivity contribution in [3.05, 3.63) is 87.7 Å². The highest BCUT2D eigenvalue weighted by atomic mass is 35.5. The molecule has 0 saturated carbocycles. The van der Waals surface area contributed by atoms with Gasteiger partial charge in [0.15, 0.2) is 5.82 Å². The van der Waals surface area contributed by atoms with Crippen molar-refractivity contribution >= 4 is 40.7 Å². The van der Waals surface area contributed by atoms with Crippen molar-refractivity contribution in [3.8, 4) is 16.9 Å². The zero-order valence-electron chi connectivity index (χ0n) is 27.7. The van der Waals surface area contributed by atoms with E-state index < -0.39 is 0 Å². The number of carbonyl (C=O) groups excluding carboxylic acids is 3. The van der Waals surface area contributed by atoms with Crippen LogP contribution in [0.25, 0.3) is 11.1 Å². The quantitative estimate of drug-likeness (QED) is 0.241. The van der Waals surface area contributed by atoms with E-state index in [0.29, 0.717) is 59.7 Å². The Kier molecular flexibility index (Phi) is 9.49. The van der Waals surface area contributed by atoms with E-state index in [1.54, 1.807) is 37.3 Å². The van der Waals surface area contributed by atoms with Gasteiger partial charge >= 0.3 is 0 Å². The molecule has 2 aromatic heterocycles. The van der Waals surface area contributed by atoms with Gasteiger partial charge in [-0.25, -0.2) is 4.98 Å². The van der Waals surface area contributed by atoms with Crippen molar-refractivity contribution in [3.63, 3.8) is 0 Å². The standard InChI is InChI=1S/C35H39ClN8O4/c1-20-24(25-9-7-11-27(32(25)36)41-35(47)33-39-29-19-42(3)13-12-30(29)43(33)4)8-6-10-26(20)40-34(46)28-14-31(48-5)22(16-38-28)15-37-23-17-44(18-23)21(2)45/h6-11,14,16,23,37H,12-13,15,17-19H2,1-5H3,(H,40,46)(H,41,47). The number of hydrogen-bond acceptors (Lipinski definition) is 8. The van der Waals surface area contributed by atoms with Crippen molar-refractivity contribution in [2.75, 3.05) is 44.4 Å². The Bertz CT molecular complexity index is 1900. The average molecular weight is 671 g/mol. The van der Waals surface area contributed by atoms with Gasteiger partial charge in [0, 0.05) is 93.9 Å². The summed E-state index contributed by atoms with van der Waals surface area (Å²) in [6.07, 6.45) is 2.46. The zero-order valence-corrected chi connectivity index (χ0v) is 28.4. The number of amides is 3. The molecule has 0 unspecified atom stereocenters. The van der Waals surface area contributed by atoms with E-state index in [-0.39, 0.29) is 29.5 Å². The third kappa shape index (κ3) is 6.64. The number of halogens is 1. The zero-order chi connectivity index (χ0) is 34.1. The number of fused-ring (bicyclic) bond motifs is 1. The summed E-state index contributed by atoms with van der Waals surface area (Å²) in [6.45, 7) is 6.91. The summed E-state index contributed by atoms with van der Waals surface area (Å²) < 4.78 is 7.43. The van der Waals surface area contributed by atoms with Crippen LogP contribution in [-0.2, 0) is 31.4 Å². The van der Waals surface area contributed by atoms with E-state index in [2.05, 4.69) is 30.8 Å². The molecule has 4 heterocycles. The molecular formula is C35H39ClN8O4. The topological polar surface area (TPSA) is 134 Å². The Labute approximate surface area is 284 Å². The summed E-state index contributed by atoms with van der Waals surface area (Å²) in [5.74, 6) is 0.223. The SMILES string of the molecule is COc1cc(C(=O)Nc2cccc(-c3cccc(NC(=O)c4nc5c(n4C)CCN(C)C5)c3Cl)c2C)ncc1CNC1CN(C(C)=O)C1. The van der Waals surface area contributed by atoms with Gasteiger partial charge in [-0.1, -0.05) is 35.9 Å². The molecule has 0 spiro atoms. The molecule has 4 aromatic rings. The third-order valence-corrected chi connectivity index (χ3v) is 9.48. The second kappa shape index (κ2) is 13.8. The van der Waals surface area contributed by atoms with Gasteiger partial charge in [0.2, 0.25) is 5.91 Å². The minimum absolute atomic E-state index is 0.0660. The van der Waals surface area contributed by atoms with Crippen LogP contribution in [0.4, 0.5) is 11.4 Å². The molecule has 48 heavy (non-hydrogen) atoms. The van der Waals surface area contributed by atoms with Gasteiger partial charge in [-0.3, -0.25) is 19.4 Å². The van der Waals surface area contributed by atoms with Crippen molar-refractivity contribution in [2.45, 2.75) is 39.4 Å². The van der Waals surface area contributed by atoms with Gasteiger partial charge in [0.1, 0.15) is 11.4 Å². The number of methoxy groups -OCH3 is 1. The number of ether oxygens (including phenoxy) is 1. The second-order valence-corrected chi connectivity index (χ2v) is 12.7. The van der Waals surface area contributed by atoms with Crippen molar-refractivity contribution in [1.82, 2.24) is 29.7 Å². The summed E-state index contributed by atoms with van der Waals surface area (Å²) in [5, 5.41) is 9.70. The molecule has 0 atom stereocenters. The first-order chi connectivity index (χ1) is 23.0. The Balaban J connectivity index is 1.16. The lowest BCUT2D eigenvalue weighted by molar-refractivity contribution is -0.133. The van der Waals surface area contributed by atoms with E-state index in [0.717, 1.165) is 41.0 Å². The van der Waals surface area contributed by atoms with Crippen LogP contribution in [0.1, 0.15) is 50.5 Å². The molecule has 0 radical (unpaired) electrons. The first-order valence-corrected chi connectivity index (χ1v) is 16.2. The average Bonchev–Trinajstić information content (AvgIpc) is 3.37. The number of hydrogen-bond donors (Lipinski definition) is 3. The van der Waals surface area contributed by atoms with Crippen LogP contribution in [-0.4, -0.2) is 81.9 Å². The molecule has 3 N–H and O–H groups in total. The van der Waals surface area contributed by atoms with Crippen molar-refractivity contribution in [1.29, 1.82) is 0 Å². The lowest BCUT2D eigenvalue weighted by Crippen LogP contribution is -2.59. The number of anilines is 2. The van der Waals surface area contributed by atoms with E-state index in [1.165, 1.54) is 0 Å². The van der Waals surface area contributed by atoms with Crippen LogP contribution in [0.3, 0.4) is 0 Å². The van der Waals surface area contributed by atoms with Crippen LogP contribution in [0.5, 0.6) is 5.75 Å². The van der Waals surface area contributed by atoms with Crippen LogP contribution < -0.4 is 20.7 Å². The smallest absolute Gasteiger partial charge is 0.291 e. The fourth-order valence-electron chi connectivity index (χ4n) is 6.16. The Morgan fingerprint density at radius 3 is 2.46 bits per heavy atom. The highest BCUT2D eigenvalue weighted by Crippen LogP contribution is 2.38. The molecule has 2 aliphatic heterocycles. The Morgan fingerprint density at radius 1 is 1.02 bits per heavy atom. The number of likely N-dealkylation sites (tertiary alicyclic amines) is 1. The lowest BCUT2D eigenvalue weighted by atomic mass is 9.98. The highest BCUT2D eigenvalue weighted by Gasteiger charge is 2.28. The van der Waals surface area contributed by atoms with Gasteiger partial charge in [0.25, 0.3) is 11.8 Å². The largest absolute Gasteiger partial charge is 0.496 e. The van der Waals surface area contributed by atoms with Crippen LogP contribution in [0, 0.1) is 6.92 Å². The summed E-state index contributed by atoms with van der Waals surface area (Å²) in [7, 11) is 5.46. The first-order valence-electron chi connectivity index (χ1n) is 15.8. The van der Waals surface area contributed by atoms with E-state index in [4.69, 9.17) is 16.3 Å². The number of imidazole rings is 1. The van der Waals surface area contributed by atoms with Gasteiger partial charge in [0.05, 0.1) is 23.5 Å². The molecule has 12 nitrogen and oxygen atoms in total. The lowest BCUT2D eigenvalue weighted by Gasteiger charge is -2.39. The summed E-state index contributed by atoms with van der Waals surface area (Å²) in [6, 6.07) is 12.9. The maximum absolute atomic E-state index is 13.3. The minimum Gasteiger partial charge on any atom is -0.496 e. The number of carbonyl (C=O) groups is 3. The Morgan fingerprint density at radius 2 is 1.73 bits per heavy atom. The van der Waals surface area contributed by atoms with Gasteiger partial charge < -0.3 is 35.1 Å². The highest BCUT2D eigenvalue weighted by molar-refractivity contribution is 6.36. The van der Waals surface area contributed by atoms with Crippen LogP contribution >= 0.6 is 11.6 Å². The number of rotatable bonds is 9. The molecular weight excluding hydrogens is 632 g/mol. The van der Waals surface area contributed by atoms with E-state index in [9.17, 15) is 14.4 Å². The third-order valence-electron chi connectivity index (χ3n) is 9.07. The monoisotopic (exact) mass is 670 g/mol. The predicted molar refractivity (Wildman–Crippen MR) is 184 cm³/mol. The van der Waals surface area contributed by atoms with Crippen molar-refractivity contribution < 1.29 is 19.1 Å². The molecule has 13 heteroatoms. The number of benzene rings is 2. The fourth-order valence-corrected chi connectivity index (χ4v) is 6.43. The molecule has 6 rings (SSSR count). The van der Waals surface area contributed by atoms with E-state index in [1.807, 2.05) is 55.9 Å². The van der Waals surface area contributed by atoms with Gasteiger partial charge in [-0.2, -0.15) is 0 Å². The van der Waals surface area contributed by atoms with Gasteiger partial charge in [-0.05, 0) is 37.2 Å². The summed E-state index contributed by atoms with van der Waals surface area (Å²) >= 11 is 6.91. The normalized spacial score (nSPS) is 14.7. The number of aromatic nitrogens is 3. The molecule has 2 aliphatic rings. The molecule has 2 aromatic carbocycles. The molecule has 3 amide bonds. The molecule has 250 valence electrons. The predicted octanol–water partition coefficient (Wildman–Crippen LogP) is 4.27. The molecule has 1 saturated heterocycles. The number of pyridine rings is 1. The number of likely N-dealkylation sites (N-methyl/N-ethyl adjacent to an activating group) is 1. The summed E-state index contributed by atoms with van der Waals surface area (Å²) in [5.41, 5.74) is 6.37. The second-order valence-electron chi connectivity index (χ2n) is 12.3. The fraction of sp³-hybridized carbons (Fsp3) is 0.343. The number of nitrogens with one attached hydrogen (secondary N) is 3. The van der Waals surface area contributed by atoms with E-state index >= 15 is 0 Å². The van der Waals surface area contributed by atoms with Gasteiger partial charge in [-0.15, -0.1) is 0 Å². The molecule has 0 bridgehead atoms. The maximum atomic E-state index is 13.3. The Hall–Kier alpha value is -4.78. The van der Waals surface area contributed by atoms with Crippen LogP contribution in [0.2, 0.25) is 5.02 Å². The minimum atomic E-state index is -0.389. The molecule has 0 aliphatic carbocycles. The van der Waals surface area contributed by atoms with Crippen LogP contribution in [0.15, 0.2) is 48.7 Å². The first kappa shape index (κ1) is 33.1.